The van der Waals surface area contributed by atoms with Gasteiger partial charge in [0.25, 0.3) is 0 Å². The van der Waals surface area contributed by atoms with E-state index in [2.05, 4.69) is 10.6 Å². The predicted molar refractivity (Wildman–Crippen MR) is 104 cm³/mol. The SMILES string of the molecule is COC(=O)[C@@H]1C(=O)C2=C(C[C@H]1C)Nc1ccccc1N[C@H]2c1ccc(F)cc1. The van der Waals surface area contributed by atoms with Crippen LogP contribution in [0, 0.1) is 17.7 Å². The maximum atomic E-state index is 13.5. The Morgan fingerprint density at radius 3 is 2.46 bits per heavy atom. The minimum atomic E-state index is -0.850. The smallest absolute Gasteiger partial charge is 0.316 e. The van der Waals surface area contributed by atoms with Crippen molar-refractivity contribution < 1.29 is 18.7 Å². The lowest BCUT2D eigenvalue weighted by atomic mass is 9.75. The molecule has 0 saturated heterocycles. The summed E-state index contributed by atoms with van der Waals surface area (Å²) >= 11 is 0. The van der Waals surface area contributed by atoms with Crippen molar-refractivity contribution in [3.05, 3.63) is 71.2 Å². The van der Waals surface area contributed by atoms with Gasteiger partial charge in [-0.1, -0.05) is 31.2 Å². The second-order valence-electron chi connectivity index (χ2n) is 7.24. The van der Waals surface area contributed by atoms with Crippen LogP contribution in [0.5, 0.6) is 0 Å². The van der Waals surface area contributed by atoms with Crippen LogP contribution in [0.1, 0.15) is 24.9 Å². The van der Waals surface area contributed by atoms with E-state index in [1.807, 2.05) is 31.2 Å². The molecule has 0 saturated carbocycles. The predicted octanol–water partition coefficient (Wildman–Crippen LogP) is 4.06. The first-order valence-electron chi connectivity index (χ1n) is 9.22. The van der Waals surface area contributed by atoms with Crippen molar-refractivity contribution in [1.29, 1.82) is 0 Å². The summed E-state index contributed by atoms with van der Waals surface area (Å²) in [6.07, 6.45) is 0.536. The molecule has 1 heterocycles. The average Bonchev–Trinajstić information content (AvgIpc) is 2.85. The Morgan fingerprint density at radius 2 is 1.79 bits per heavy atom. The van der Waals surface area contributed by atoms with Crippen LogP contribution in [0.15, 0.2) is 59.8 Å². The molecule has 6 heteroatoms. The summed E-state index contributed by atoms with van der Waals surface area (Å²) in [5.41, 5.74) is 3.72. The first-order chi connectivity index (χ1) is 13.5. The number of carbonyl (C=O) groups excluding carboxylic acids is 2. The Morgan fingerprint density at radius 1 is 1.11 bits per heavy atom. The number of allylic oxidation sites excluding steroid dienone is 1. The number of hydrogen-bond donors (Lipinski definition) is 2. The standard InChI is InChI=1S/C22H21FN2O3/c1-12-11-17-19(21(26)18(12)22(27)28-2)20(13-7-9-14(23)10-8-13)25-16-6-4-3-5-15(16)24-17/h3-10,12,18,20,24-25H,11H2,1-2H3/t12-,18+,20+/m1/s1. The van der Waals surface area contributed by atoms with E-state index in [-0.39, 0.29) is 17.5 Å². The third kappa shape index (κ3) is 3.05. The topological polar surface area (TPSA) is 67.4 Å². The lowest BCUT2D eigenvalue weighted by molar-refractivity contribution is -0.151. The Balaban J connectivity index is 1.87. The molecule has 4 rings (SSSR count). The fraction of sp³-hybridized carbons (Fsp3) is 0.273. The zero-order valence-corrected chi connectivity index (χ0v) is 15.7. The number of ether oxygens (including phenoxy) is 1. The molecule has 28 heavy (non-hydrogen) atoms. The zero-order chi connectivity index (χ0) is 19.8. The van der Waals surface area contributed by atoms with Gasteiger partial charge in [-0.25, -0.2) is 4.39 Å². The van der Waals surface area contributed by atoms with Crippen LogP contribution in [0.3, 0.4) is 0 Å². The number of benzene rings is 2. The van der Waals surface area contributed by atoms with E-state index in [0.717, 1.165) is 22.6 Å². The van der Waals surface area contributed by atoms with E-state index < -0.39 is 17.9 Å². The molecule has 0 fully saturated rings. The van der Waals surface area contributed by atoms with Crippen LogP contribution in [0.25, 0.3) is 0 Å². The molecule has 0 spiro atoms. The molecular formula is C22H21FN2O3. The number of hydrogen-bond acceptors (Lipinski definition) is 5. The summed E-state index contributed by atoms with van der Waals surface area (Å²) in [5, 5.41) is 6.78. The van der Waals surface area contributed by atoms with Gasteiger partial charge in [0.15, 0.2) is 5.78 Å². The van der Waals surface area contributed by atoms with Gasteiger partial charge >= 0.3 is 5.97 Å². The summed E-state index contributed by atoms with van der Waals surface area (Å²) in [7, 11) is 1.29. The Hall–Kier alpha value is -3.15. The molecule has 0 amide bonds. The highest BCUT2D eigenvalue weighted by atomic mass is 19.1. The van der Waals surface area contributed by atoms with Gasteiger partial charge in [0.1, 0.15) is 11.7 Å². The molecular weight excluding hydrogens is 359 g/mol. The van der Waals surface area contributed by atoms with Crippen LogP contribution in [-0.4, -0.2) is 18.9 Å². The number of ketones is 1. The molecule has 1 aliphatic heterocycles. The second-order valence-corrected chi connectivity index (χ2v) is 7.24. The highest BCUT2D eigenvalue weighted by molar-refractivity contribution is 6.11. The largest absolute Gasteiger partial charge is 0.468 e. The molecule has 0 aromatic heterocycles. The van der Waals surface area contributed by atoms with E-state index in [0.29, 0.717) is 12.0 Å². The Kier molecular flexibility index (Phi) is 4.63. The third-order valence-electron chi connectivity index (χ3n) is 5.43. The van der Waals surface area contributed by atoms with E-state index >= 15 is 0 Å². The van der Waals surface area contributed by atoms with E-state index in [9.17, 15) is 14.0 Å². The van der Waals surface area contributed by atoms with E-state index in [1.54, 1.807) is 12.1 Å². The minimum Gasteiger partial charge on any atom is -0.468 e. The van der Waals surface area contributed by atoms with Gasteiger partial charge in [-0.05, 0) is 42.2 Å². The van der Waals surface area contributed by atoms with E-state index in [4.69, 9.17) is 4.74 Å². The lowest BCUT2D eigenvalue weighted by Crippen LogP contribution is -2.39. The zero-order valence-electron chi connectivity index (χ0n) is 15.7. The van der Waals surface area contributed by atoms with Gasteiger partial charge in [-0.15, -0.1) is 0 Å². The van der Waals surface area contributed by atoms with Crippen LogP contribution in [0.4, 0.5) is 15.8 Å². The summed E-state index contributed by atoms with van der Waals surface area (Å²) in [5.74, 6) is -2.17. The third-order valence-corrected chi connectivity index (χ3v) is 5.43. The van der Waals surface area contributed by atoms with Crippen LogP contribution >= 0.6 is 0 Å². The molecule has 5 nitrogen and oxygen atoms in total. The van der Waals surface area contributed by atoms with Gasteiger partial charge in [-0.2, -0.15) is 0 Å². The molecule has 1 aliphatic carbocycles. The molecule has 2 aromatic rings. The number of fused-ring (bicyclic) bond motifs is 1. The summed E-state index contributed by atoms with van der Waals surface area (Å²) in [4.78, 5) is 25.7. The van der Waals surface area contributed by atoms with Crippen LogP contribution in [0.2, 0.25) is 0 Å². The van der Waals surface area contributed by atoms with Crippen molar-refractivity contribution in [2.75, 3.05) is 17.7 Å². The summed E-state index contributed by atoms with van der Waals surface area (Å²) in [6.45, 7) is 1.88. The van der Waals surface area contributed by atoms with Gasteiger partial charge < -0.3 is 15.4 Å². The minimum absolute atomic E-state index is 0.190. The molecule has 144 valence electrons. The van der Waals surface area contributed by atoms with Gasteiger partial charge in [-0.3, -0.25) is 9.59 Å². The molecule has 2 aromatic carbocycles. The molecule has 3 atom stereocenters. The van der Waals surface area contributed by atoms with Crippen molar-refractivity contribution in [3.8, 4) is 0 Å². The number of halogens is 1. The van der Waals surface area contributed by atoms with Crippen molar-refractivity contribution in [1.82, 2.24) is 0 Å². The molecule has 2 N–H and O–H groups in total. The lowest BCUT2D eigenvalue weighted by Gasteiger charge is -2.32. The van der Waals surface area contributed by atoms with Crippen molar-refractivity contribution in [2.24, 2.45) is 11.8 Å². The van der Waals surface area contributed by atoms with Crippen molar-refractivity contribution in [3.63, 3.8) is 0 Å². The highest BCUT2D eigenvalue weighted by Gasteiger charge is 2.44. The fourth-order valence-electron chi connectivity index (χ4n) is 4.04. The van der Waals surface area contributed by atoms with Crippen LogP contribution in [-0.2, 0) is 14.3 Å². The molecule has 0 bridgehead atoms. The number of nitrogens with one attached hydrogen (secondary N) is 2. The molecule has 0 radical (unpaired) electrons. The number of carbonyl (C=O) groups is 2. The maximum absolute atomic E-state index is 13.5. The second kappa shape index (κ2) is 7.11. The Bertz CT molecular complexity index is 968. The number of esters is 1. The normalized spacial score (nSPS) is 23.7. The average molecular weight is 380 g/mol. The fourth-order valence-corrected chi connectivity index (χ4v) is 4.04. The Labute approximate surface area is 162 Å². The number of methoxy groups -OCH3 is 1. The van der Waals surface area contributed by atoms with E-state index in [1.165, 1.54) is 19.2 Å². The maximum Gasteiger partial charge on any atom is 0.316 e. The summed E-state index contributed by atoms with van der Waals surface area (Å²) in [6, 6.07) is 13.2. The summed E-state index contributed by atoms with van der Waals surface area (Å²) < 4.78 is 18.4. The van der Waals surface area contributed by atoms with Crippen molar-refractivity contribution >= 4 is 23.1 Å². The number of rotatable bonds is 2. The van der Waals surface area contributed by atoms with Crippen molar-refractivity contribution in [2.45, 2.75) is 19.4 Å². The monoisotopic (exact) mass is 380 g/mol. The first kappa shape index (κ1) is 18.2. The molecule has 2 aliphatic rings. The van der Waals surface area contributed by atoms with Gasteiger partial charge in [0, 0.05) is 11.3 Å². The first-order valence-corrected chi connectivity index (χ1v) is 9.22. The number of Topliss-reactive ketones (excluding diaryl/α,β-unsaturated/α-hetero) is 1. The molecule has 0 unspecified atom stereocenters. The number of anilines is 2. The highest BCUT2D eigenvalue weighted by Crippen LogP contribution is 2.43. The quantitative estimate of drug-likeness (QED) is 0.608. The van der Waals surface area contributed by atoms with Crippen LogP contribution < -0.4 is 10.6 Å². The van der Waals surface area contributed by atoms with Gasteiger partial charge in [0.05, 0.1) is 24.5 Å². The number of para-hydroxylation sites is 2. The van der Waals surface area contributed by atoms with Gasteiger partial charge in [0.2, 0.25) is 0 Å².